The predicted octanol–water partition coefficient (Wildman–Crippen LogP) is 3.82. The Hall–Kier alpha value is -1.06. The molecule has 0 radical (unpaired) electrons. The van der Waals surface area contributed by atoms with Gasteiger partial charge < -0.3 is 4.74 Å². The third-order valence-electron chi connectivity index (χ3n) is 3.63. The van der Waals surface area contributed by atoms with Crippen molar-refractivity contribution in [1.29, 1.82) is 0 Å². The molecule has 1 aliphatic heterocycles. The topological polar surface area (TPSA) is 29.5 Å². The van der Waals surface area contributed by atoms with Gasteiger partial charge in [-0.05, 0) is 44.0 Å². The number of rotatable bonds is 5. The number of nitrogens with zero attached hydrogens (tertiary/aromatic N) is 1. The predicted molar refractivity (Wildman–Crippen MR) is 80.9 cm³/mol. The van der Waals surface area contributed by atoms with Crippen molar-refractivity contribution < 1.29 is 9.53 Å². The maximum Gasteiger partial charge on any atom is 0.328 e. The number of esters is 1. The van der Waals surface area contributed by atoms with Crippen LogP contribution in [0.15, 0.2) is 24.3 Å². The van der Waals surface area contributed by atoms with Gasteiger partial charge in [0.1, 0.15) is 6.04 Å². The summed E-state index contributed by atoms with van der Waals surface area (Å²) in [4.78, 5) is 14.6. The van der Waals surface area contributed by atoms with E-state index in [1.54, 1.807) is 0 Å². The lowest BCUT2D eigenvalue weighted by molar-refractivity contribution is -0.150. The standard InChI is InChI=1S/C16H22ClNO2/c1-2-12-20-16(19)15(18-10-6-3-7-11-18)13-8-4-5-9-14(13)17/h4-5,8-9,15H,2-3,6-7,10-12H2,1H3/t15-/m1/s1. The van der Waals surface area contributed by atoms with Crippen molar-refractivity contribution in [3.63, 3.8) is 0 Å². The van der Waals surface area contributed by atoms with E-state index in [1.807, 2.05) is 31.2 Å². The average molecular weight is 296 g/mol. The molecule has 0 aliphatic carbocycles. The lowest BCUT2D eigenvalue weighted by Gasteiger charge is -2.33. The molecule has 1 heterocycles. The van der Waals surface area contributed by atoms with Crippen molar-refractivity contribution in [3.05, 3.63) is 34.9 Å². The van der Waals surface area contributed by atoms with E-state index in [9.17, 15) is 4.79 Å². The van der Waals surface area contributed by atoms with E-state index in [4.69, 9.17) is 16.3 Å². The van der Waals surface area contributed by atoms with Crippen molar-refractivity contribution in [2.45, 2.75) is 38.6 Å². The highest BCUT2D eigenvalue weighted by Crippen LogP contribution is 2.30. The van der Waals surface area contributed by atoms with Crippen LogP contribution in [0, 0.1) is 0 Å². The zero-order valence-electron chi connectivity index (χ0n) is 12.0. The second-order valence-electron chi connectivity index (χ2n) is 5.19. The number of hydrogen-bond donors (Lipinski definition) is 0. The molecule has 0 N–H and O–H groups in total. The van der Waals surface area contributed by atoms with Gasteiger partial charge in [0.2, 0.25) is 0 Å². The molecule has 0 spiro atoms. The normalized spacial score (nSPS) is 17.7. The van der Waals surface area contributed by atoms with Crippen LogP contribution in [-0.2, 0) is 9.53 Å². The first-order valence-electron chi connectivity index (χ1n) is 7.39. The van der Waals surface area contributed by atoms with Crippen LogP contribution in [0.1, 0.15) is 44.2 Å². The molecule has 0 aromatic heterocycles. The molecule has 2 rings (SSSR count). The highest BCUT2D eigenvalue weighted by atomic mass is 35.5. The zero-order chi connectivity index (χ0) is 14.4. The van der Waals surface area contributed by atoms with Gasteiger partial charge in [0, 0.05) is 5.02 Å². The first-order chi connectivity index (χ1) is 9.74. The summed E-state index contributed by atoms with van der Waals surface area (Å²) in [6, 6.07) is 7.20. The summed E-state index contributed by atoms with van der Waals surface area (Å²) in [6.45, 7) is 4.32. The number of benzene rings is 1. The molecule has 0 saturated carbocycles. The number of carbonyl (C=O) groups is 1. The summed E-state index contributed by atoms with van der Waals surface area (Å²) in [5, 5.41) is 0.636. The fourth-order valence-electron chi connectivity index (χ4n) is 2.63. The van der Waals surface area contributed by atoms with Gasteiger partial charge in [-0.1, -0.05) is 43.1 Å². The number of halogens is 1. The van der Waals surface area contributed by atoms with Gasteiger partial charge in [0.15, 0.2) is 0 Å². The molecule has 110 valence electrons. The largest absolute Gasteiger partial charge is 0.464 e. The molecule has 3 nitrogen and oxygen atoms in total. The van der Waals surface area contributed by atoms with Gasteiger partial charge in [-0.2, -0.15) is 0 Å². The highest BCUT2D eigenvalue weighted by molar-refractivity contribution is 6.31. The molecule has 1 saturated heterocycles. The van der Waals surface area contributed by atoms with E-state index in [0.717, 1.165) is 37.9 Å². The summed E-state index contributed by atoms with van der Waals surface area (Å²) >= 11 is 6.28. The van der Waals surface area contributed by atoms with Crippen LogP contribution in [0.4, 0.5) is 0 Å². The van der Waals surface area contributed by atoms with Crippen LogP contribution in [0.3, 0.4) is 0 Å². The first-order valence-corrected chi connectivity index (χ1v) is 7.77. The smallest absolute Gasteiger partial charge is 0.328 e. The molecule has 0 bridgehead atoms. The van der Waals surface area contributed by atoms with E-state index >= 15 is 0 Å². The zero-order valence-corrected chi connectivity index (χ0v) is 12.7. The summed E-state index contributed by atoms with van der Waals surface area (Å²) in [5.41, 5.74) is 0.858. The van der Waals surface area contributed by atoms with Gasteiger partial charge in [-0.3, -0.25) is 4.90 Å². The molecule has 1 atom stereocenters. The van der Waals surface area contributed by atoms with E-state index in [2.05, 4.69) is 4.90 Å². The van der Waals surface area contributed by atoms with E-state index in [1.165, 1.54) is 6.42 Å². The summed E-state index contributed by atoms with van der Waals surface area (Å²) in [6.07, 6.45) is 4.32. The number of ether oxygens (including phenoxy) is 1. The number of likely N-dealkylation sites (tertiary alicyclic amines) is 1. The van der Waals surface area contributed by atoms with Crippen molar-refractivity contribution in [2.24, 2.45) is 0 Å². The third-order valence-corrected chi connectivity index (χ3v) is 3.97. The van der Waals surface area contributed by atoms with Crippen LogP contribution in [0.2, 0.25) is 5.02 Å². The molecular formula is C16H22ClNO2. The van der Waals surface area contributed by atoms with Crippen LogP contribution in [0.25, 0.3) is 0 Å². The summed E-state index contributed by atoms with van der Waals surface area (Å²) in [7, 11) is 0. The second-order valence-corrected chi connectivity index (χ2v) is 5.60. The van der Waals surface area contributed by atoms with E-state index < -0.39 is 0 Å². The quantitative estimate of drug-likeness (QED) is 0.774. The second kappa shape index (κ2) is 7.65. The Bertz CT molecular complexity index is 444. The van der Waals surface area contributed by atoms with Gasteiger partial charge in [-0.15, -0.1) is 0 Å². The number of hydrogen-bond acceptors (Lipinski definition) is 3. The van der Waals surface area contributed by atoms with Crippen LogP contribution in [0.5, 0.6) is 0 Å². The van der Waals surface area contributed by atoms with Crippen LogP contribution in [-0.4, -0.2) is 30.6 Å². The van der Waals surface area contributed by atoms with Crippen molar-refractivity contribution in [1.82, 2.24) is 4.90 Å². The minimum atomic E-state index is -0.365. The SMILES string of the molecule is CCCOC(=O)[C@@H](c1ccccc1Cl)N1CCCCC1. The highest BCUT2D eigenvalue weighted by Gasteiger charge is 2.31. The van der Waals surface area contributed by atoms with Crippen molar-refractivity contribution >= 4 is 17.6 Å². The average Bonchev–Trinajstić information content (AvgIpc) is 2.48. The third kappa shape index (κ3) is 3.74. The van der Waals surface area contributed by atoms with Crippen LogP contribution < -0.4 is 0 Å². The molecule has 1 aromatic carbocycles. The Morgan fingerprint density at radius 2 is 2.00 bits per heavy atom. The van der Waals surface area contributed by atoms with E-state index in [-0.39, 0.29) is 12.0 Å². The lowest BCUT2D eigenvalue weighted by Crippen LogP contribution is -2.39. The number of piperidine rings is 1. The van der Waals surface area contributed by atoms with Gasteiger partial charge >= 0.3 is 5.97 Å². The Morgan fingerprint density at radius 1 is 1.30 bits per heavy atom. The van der Waals surface area contributed by atoms with Gasteiger partial charge in [0.25, 0.3) is 0 Å². The van der Waals surface area contributed by atoms with E-state index in [0.29, 0.717) is 11.6 Å². The molecule has 0 unspecified atom stereocenters. The van der Waals surface area contributed by atoms with Gasteiger partial charge in [-0.25, -0.2) is 4.79 Å². The van der Waals surface area contributed by atoms with Crippen molar-refractivity contribution in [2.75, 3.05) is 19.7 Å². The molecular weight excluding hydrogens is 274 g/mol. The molecule has 1 aliphatic rings. The Kier molecular flexibility index (Phi) is 5.86. The molecule has 20 heavy (non-hydrogen) atoms. The molecule has 1 fully saturated rings. The maximum atomic E-state index is 12.4. The first kappa shape index (κ1) is 15.3. The Balaban J connectivity index is 2.23. The lowest BCUT2D eigenvalue weighted by atomic mass is 10.0. The molecule has 1 aromatic rings. The molecule has 0 amide bonds. The maximum absolute atomic E-state index is 12.4. The van der Waals surface area contributed by atoms with Crippen LogP contribution >= 0.6 is 11.6 Å². The summed E-state index contributed by atoms with van der Waals surface area (Å²) < 4.78 is 5.38. The van der Waals surface area contributed by atoms with Gasteiger partial charge in [0.05, 0.1) is 6.61 Å². The Labute approximate surface area is 125 Å². The fraction of sp³-hybridized carbons (Fsp3) is 0.562. The summed E-state index contributed by atoms with van der Waals surface area (Å²) in [5.74, 6) is -0.179. The molecule has 4 heteroatoms. The Morgan fingerprint density at radius 3 is 2.65 bits per heavy atom. The van der Waals surface area contributed by atoms with Crippen molar-refractivity contribution in [3.8, 4) is 0 Å². The minimum absolute atomic E-state index is 0.179. The minimum Gasteiger partial charge on any atom is -0.464 e. The number of carbonyl (C=O) groups excluding carboxylic acids is 1. The monoisotopic (exact) mass is 295 g/mol. The fourth-order valence-corrected chi connectivity index (χ4v) is 2.87.